The molecule has 0 saturated carbocycles. The Morgan fingerprint density at radius 2 is 1.89 bits per heavy atom. The van der Waals surface area contributed by atoms with Crippen LogP contribution in [-0.2, 0) is 9.53 Å². The van der Waals surface area contributed by atoms with E-state index in [-0.39, 0.29) is 11.9 Å². The quantitative estimate of drug-likeness (QED) is 0.639. The number of ether oxygens (including phenoxy) is 1. The maximum atomic E-state index is 12.0. The zero-order valence-electron chi connectivity index (χ0n) is 10.9. The van der Waals surface area contributed by atoms with Crippen LogP contribution < -0.4 is 8.56 Å². The van der Waals surface area contributed by atoms with E-state index >= 15 is 0 Å². The molecule has 1 unspecified atom stereocenters. The average Bonchev–Trinajstić information content (AvgIpc) is 2.99. The maximum absolute atomic E-state index is 12.0. The first kappa shape index (κ1) is 14.0. The summed E-state index contributed by atoms with van der Waals surface area (Å²) in [6, 6.07) is 9.77. The smallest absolute Gasteiger partial charge is 0.319 e. The summed E-state index contributed by atoms with van der Waals surface area (Å²) in [6.45, 7) is 0.619. The molecule has 0 spiro atoms. The summed E-state index contributed by atoms with van der Waals surface area (Å²) in [5.74, 6) is -0.454. The molecule has 0 amide bonds. The zero-order valence-corrected chi connectivity index (χ0v) is 12.5. The van der Waals surface area contributed by atoms with Crippen molar-refractivity contribution in [2.24, 2.45) is 0 Å². The third-order valence-electron chi connectivity index (χ3n) is 2.85. The van der Waals surface area contributed by atoms with E-state index in [1.807, 2.05) is 48.1 Å². The van der Waals surface area contributed by atoms with E-state index in [0.29, 0.717) is 6.54 Å². The van der Waals surface area contributed by atoms with Crippen LogP contribution in [0.1, 0.15) is 11.5 Å². The van der Waals surface area contributed by atoms with Gasteiger partial charge in [-0.15, -0.1) is 0 Å². The molecule has 0 fully saturated rings. The van der Waals surface area contributed by atoms with Gasteiger partial charge in [0.25, 0.3) is 0 Å². The van der Waals surface area contributed by atoms with E-state index in [0.717, 1.165) is 5.56 Å². The lowest BCUT2D eigenvalue weighted by molar-refractivity contribution is -0.142. The number of esters is 1. The van der Waals surface area contributed by atoms with Gasteiger partial charge in [0, 0.05) is 10.8 Å². The molecule has 5 heteroatoms. The molecule has 1 aromatic heterocycles. The largest absolute Gasteiger partial charge is 0.468 e. The lowest BCUT2D eigenvalue weighted by atomic mass is 9.99. The van der Waals surface area contributed by atoms with Gasteiger partial charge in [-0.1, -0.05) is 53.0 Å². The molecule has 1 aromatic carbocycles. The average molecular weight is 294 g/mol. The molecular formula is C14H16NO2S2+. The van der Waals surface area contributed by atoms with Crippen LogP contribution >= 0.6 is 22.7 Å². The third kappa shape index (κ3) is 3.52. The second-order valence-electron chi connectivity index (χ2n) is 4.14. The summed E-state index contributed by atoms with van der Waals surface area (Å²) in [5, 5.41) is 4.10. The summed E-state index contributed by atoms with van der Waals surface area (Å²) in [6.07, 6.45) is 0. The van der Waals surface area contributed by atoms with Gasteiger partial charge in [0.15, 0.2) is 6.54 Å². The summed E-state index contributed by atoms with van der Waals surface area (Å²) >= 11 is 3.36. The van der Waals surface area contributed by atoms with Gasteiger partial charge in [0.05, 0.1) is 7.11 Å². The number of hydrogen-bond acceptors (Lipinski definition) is 4. The van der Waals surface area contributed by atoms with Gasteiger partial charge in [-0.05, 0) is 5.56 Å². The molecule has 100 valence electrons. The number of nitrogens with zero attached hydrogens (tertiary/aromatic N) is 1. The van der Waals surface area contributed by atoms with Crippen molar-refractivity contribution in [1.29, 1.82) is 0 Å². The Bertz CT molecular complexity index is 584. The minimum atomic E-state index is -0.259. The Morgan fingerprint density at radius 1 is 1.26 bits per heavy atom. The number of methoxy groups -OCH3 is 1. The Morgan fingerprint density at radius 3 is 2.47 bits per heavy atom. The first-order chi connectivity index (χ1) is 9.22. The van der Waals surface area contributed by atoms with Crippen molar-refractivity contribution in [3.05, 3.63) is 50.6 Å². The van der Waals surface area contributed by atoms with E-state index in [1.54, 1.807) is 22.7 Å². The van der Waals surface area contributed by atoms with E-state index in [4.69, 9.17) is 4.74 Å². The van der Waals surface area contributed by atoms with Crippen LogP contribution in [-0.4, -0.2) is 26.7 Å². The number of hydrogen-bond donors (Lipinski definition) is 0. The van der Waals surface area contributed by atoms with Gasteiger partial charge >= 0.3 is 9.95 Å². The Labute approximate surface area is 120 Å². The molecule has 1 heterocycles. The molecule has 0 aliphatic rings. The monoisotopic (exact) mass is 294 g/mol. The van der Waals surface area contributed by atoms with Crippen LogP contribution in [0.25, 0.3) is 0 Å². The summed E-state index contributed by atoms with van der Waals surface area (Å²) in [5.41, 5.74) is 0.989. The zero-order chi connectivity index (χ0) is 13.7. The van der Waals surface area contributed by atoms with Gasteiger partial charge in [0.2, 0.25) is 0 Å². The third-order valence-corrected chi connectivity index (χ3v) is 5.17. The van der Waals surface area contributed by atoms with Gasteiger partial charge in [0.1, 0.15) is 13.0 Å². The highest BCUT2D eigenvalue weighted by molar-refractivity contribution is 7.24. The van der Waals surface area contributed by atoms with Crippen molar-refractivity contribution in [2.75, 3.05) is 20.7 Å². The summed E-state index contributed by atoms with van der Waals surface area (Å²) < 4.78 is 8.21. The van der Waals surface area contributed by atoms with Crippen molar-refractivity contribution < 1.29 is 9.53 Å². The highest BCUT2D eigenvalue weighted by Crippen LogP contribution is 2.16. The molecule has 0 aliphatic carbocycles. The van der Waals surface area contributed by atoms with E-state index in [9.17, 15) is 4.79 Å². The Hall–Kier alpha value is -1.46. The molecule has 2 rings (SSSR count). The Balaban J connectivity index is 2.31. The molecule has 0 N–H and O–H groups in total. The van der Waals surface area contributed by atoms with E-state index in [1.165, 1.54) is 11.1 Å². The first-order valence-corrected chi connectivity index (χ1v) is 7.67. The van der Waals surface area contributed by atoms with Crippen LogP contribution in [0, 0.1) is 0 Å². The molecule has 1 atom stereocenters. The van der Waals surface area contributed by atoms with Gasteiger partial charge in [-0.3, -0.25) is 4.79 Å². The molecular weight excluding hydrogens is 278 g/mol. The predicted molar refractivity (Wildman–Crippen MR) is 79.5 cm³/mol. The van der Waals surface area contributed by atoms with Crippen LogP contribution in [0.3, 0.4) is 0 Å². The maximum Gasteiger partial charge on any atom is 0.319 e. The van der Waals surface area contributed by atoms with Crippen LogP contribution in [0.4, 0.5) is 0 Å². The minimum absolute atomic E-state index is 0.195. The topological polar surface area (TPSA) is 29.3 Å². The SMILES string of the molecule is COC(=O)C(C[N+](C)=c1sccs1)c1ccccc1. The van der Waals surface area contributed by atoms with Crippen molar-refractivity contribution >= 4 is 28.6 Å². The Kier molecular flexibility index (Phi) is 4.87. The van der Waals surface area contributed by atoms with Crippen molar-refractivity contribution in [3.63, 3.8) is 0 Å². The fraction of sp³-hybridized carbons (Fsp3) is 0.286. The van der Waals surface area contributed by atoms with Gasteiger partial charge in [-0.2, -0.15) is 0 Å². The lowest BCUT2D eigenvalue weighted by Gasteiger charge is -2.12. The molecule has 3 nitrogen and oxygen atoms in total. The van der Waals surface area contributed by atoms with E-state index < -0.39 is 0 Å². The van der Waals surface area contributed by atoms with Crippen LogP contribution in [0.2, 0.25) is 0 Å². The minimum Gasteiger partial charge on any atom is -0.468 e. The highest BCUT2D eigenvalue weighted by Gasteiger charge is 2.25. The number of rotatable bonds is 4. The lowest BCUT2D eigenvalue weighted by Crippen LogP contribution is -2.31. The second kappa shape index (κ2) is 6.63. The molecule has 19 heavy (non-hydrogen) atoms. The number of likely N-dealkylation sites (N-methyl/N-ethyl adjacent to an activating group) is 1. The number of benzene rings is 1. The number of carbonyl (C=O) groups excluding carboxylic acids is 1. The first-order valence-electron chi connectivity index (χ1n) is 5.91. The fourth-order valence-electron chi connectivity index (χ4n) is 1.87. The van der Waals surface area contributed by atoms with Crippen LogP contribution in [0.5, 0.6) is 0 Å². The summed E-state index contributed by atoms with van der Waals surface area (Å²) in [4.78, 5) is 12.0. The predicted octanol–water partition coefficient (Wildman–Crippen LogP) is 2.17. The second-order valence-corrected chi connectivity index (χ2v) is 6.19. The highest BCUT2D eigenvalue weighted by atomic mass is 32.2. The molecule has 0 radical (unpaired) electrons. The fourth-order valence-corrected chi connectivity index (χ4v) is 3.61. The van der Waals surface area contributed by atoms with Gasteiger partial charge in [-0.25, -0.2) is 4.58 Å². The van der Waals surface area contributed by atoms with Crippen molar-refractivity contribution in [3.8, 4) is 0 Å². The van der Waals surface area contributed by atoms with Crippen LogP contribution in [0.15, 0.2) is 41.1 Å². The standard InChI is InChI=1S/C14H16NO2S2/c1-15(14-18-8-9-19-14)10-12(13(16)17-2)11-6-4-3-5-7-11/h3-9,12H,10H2,1-2H3/q+1. The van der Waals surface area contributed by atoms with Crippen molar-refractivity contribution in [2.45, 2.75) is 5.92 Å². The molecule has 0 saturated heterocycles. The normalized spacial score (nSPS) is 11.9. The molecule has 2 aromatic rings. The molecule has 0 bridgehead atoms. The van der Waals surface area contributed by atoms with Crippen molar-refractivity contribution in [1.82, 2.24) is 4.58 Å². The molecule has 0 aliphatic heterocycles. The number of carbonyl (C=O) groups is 1. The summed E-state index contributed by atoms with van der Waals surface area (Å²) in [7, 11) is 3.44. The van der Waals surface area contributed by atoms with Gasteiger partial charge < -0.3 is 4.74 Å². The van der Waals surface area contributed by atoms with E-state index in [2.05, 4.69) is 4.58 Å².